The lowest BCUT2D eigenvalue weighted by molar-refractivity contribution is 0.229. The fraction of sp³-hybridized carbons (Fsp3) is 0.429. The van der Waals surface area contributed by atoms with Crippen molar-refractivity contribution in [3.8, 4) is 11.5 Å². The van der Waals surface area contributed by atoms with Crippen molar-refractivity contribution in [2.24, 2.45) is 10.8 Å². The molecule has 6 heteroatoms. The summed E-state index contributed by atoms with van der Waals surface area (Å²) in [6.07, 6.45) is 1.77. The Morgan fingerprint density at radius 3 is 2.45 bits per heavy atom. The number of hydrogen-bond donors (Lipinski definition) is 2. The molecule has 0 amide bonds. The molecule has 3 N–H and O–H groups in total. The molecule has 0 radical (unpaired) electrons. The van der Waals surface area contributed by atoms with Crippen molar-refractivity contribution < 1.29 is 9.47 Å². The molecule has 0 aliphatic carbocycles. The molecule has 0 bridgehead atoms. The average Bonchev–Trinajstić information content (AvgIpc) is 2.29. The van der Waals surface area contributed by atoms with Crippen LogP contribution in [0, 0.1) is 0 Å². The van der Waals surface area contributed by atoms with E-state index in [0.29, 0.717) is 5.75 Å². The minimum absolute atomic E-state index is 0.0556. The fourth-order valence-corrected chi connectivity index (χ4v) is 1.54. The Labute approximate surface area is 125 Å². The third kappa shape index (κ3) is 5.88. The molecular formula is C14H21N3O2S. The normalized spacial score (nSPS) is 11.1. The molecule has 0 atom stereocenters. The van der Waals surface area contributed by atoms with Gasteiger partial charge in [0.1, 0.15) is 11.5 Å². The van der Waals surface area contributed by atoms with Crippen molar-refractivity contribution in [3.05, 3.63) is 23.8 Å². The Morgan fingerprint density at radius 1 is 1.25 bits per heavy atom. The van der Waals surface area contributed by atoms with Crippen LogP contribution in [0.1, 0.15) is 33.3 Å². The summed E-state index contributed by atoms with van der Waals surface area (Å²) in [7, 11) is 0. The molecule has 0 aliphatic rings. The van der Waals surface area contributed by atoms with Crippen LogP contribution in [0.15, 0.2) is 23.3 Å². The highest BCUT2D eigenvalue weighted by Crippen LogP contribution is 2.25. The van der Waals surface area contributed by atoms with Gasteiger partial charge in [0.25, 0.3) is 0 Å². The number of thiocarbonyl (C=S) groups is 1. The van der Waals surface area contributed by atoms with E-state index in [0.717, 1.165) is 11.3 Å². The minimum atomic E-state index is 0.0556. The molecule has 1 rings (SSSR count). The maximum Gasteiger partial charge on any atom is 0.184 e. The molecule has 0 unspecified atom stereocenters. The van der Waals surface area contributed by atoms with Crippen molar-refractivity contribution in [2.75, 3.05) is 0 Å². The number of rotatable bonds is 6. The number of hydrazone groups is 1. The van der Waals surface area contributed by atoms with Crippen molar-refractivity contribution in [3.63, 3.8) is 0 Å². The van der Waals surface area contributed by atoms with E-state index in [1.807, 2.05) is 45.9 Å². The van der Waals surface area contributed by atoms with Crippen LogP contribution in [-0.2, 0) is 0 Å². The third-order valence-corrected chi connectivity index (χ3v) is 2.19. The smallest absolute Gasteiger partial charge is 0.184 e. The van der Waals surface area contributed by atoms with Crippen LogP contribution in [0.25, 0.3) is 0 Å². The van der Waals surface area contributed by atoms with Crippen molar-refractivity contribution in [2.45, 2.75) is 39.9 Å². The SMILES string of the molecule is CC(C)Oc1ccc(/C=N\NC(N)=S)c(OC(C)C)c1. The quantitative estimate of drug-likeness (QED) is 0.479. The summed E-state index contributed by atoms with van der Waals surface area (Å²) in [5.74, 6) is 1.46. The van der Waals surface area contributed by atoms with E-state index < -0.39 is 0 Å². The van der Waals surface area contributed by atoms with Crippen LogP contribution in [0.4, 0.5) is 0 Å². The van der Waals surface area contributed by atoms with Gasteiger partial charge in [0.05, 0.1) is 18.4 Å². The summed E-state index contributed by atoms with van der Waals surface area (Å²) in [5, 5.41) is 4.06. The molecular weight excluding hydrogens is 274 g/mol. The summed E-state index contributed by atoms with van der Waals surface area (Å²) in [5.41, 5.74) is 8.64. The van der Waals surface area contributed by atoms with Crippen LogP contribution < -0.4 is 20.6 Å². The lowest BCUT2D eigenvalue weighted by Crippen LogP contribution is -2.24. The van der Waals surface area contributed by atoms with Crippen molar-refractivity contribution >= 4 is 23.5 Å². The zero-order valence-electron chi connectivity index (χ0n) is 12.2. The highest BCUT2D eigenvalue weighted by molar-refractivity contribution is 7.80. The average molecular weight is 295 g/mol. The molecule has 0 saturated heterocycles. The second-order valence-corrected chi connectivity index (χ2v) is 5.21. The van der Waals surface area contributed by atoms with E-state index in [9.17, 15) is 0 Å². The van der Waals surface area contributed by atoms with Gasteiger partial charge in [0.15, 0.2) is 5.11 Å². The Balaban J connectivity index is 2.96. The molecule has 0 aliphatic heterocycles. The minimum Gasteiger partial charge on any atom is -0.491 e. The first-order valence-electron chi connectivity index (χ1n) is 6.44. The first-order valence-corrected chi connectivity index (χ1v) is 6.85. The van der Waals surface area contributed by atoms with Crippen molar-refractivity contribution in [1.29, 1.82) is 0 Å². The predicted octanol–water partition coefficient (Wildman–Crippen LogP) is 2.43. The standard InChI is InChI=1S/C14H21N3O2S/c1-9(2)18-12-6-5-11(8-16-17-14(15)20)13(7-12)19-10(3)4/h5-10H,1-4H3,(H3,15,17,20)/b16-8-. The lowest BCUT2D eigenvalue weighted by atomic mass is 10.2. The van der Waals surface area contributed by atoms with Crippen LogP contribution in [0.5, 0.6) is 11.5 Å². The Bertz CT molecular complexity index is 487. The molecule has 0 aromatic heterocycles. The Kier molecular flexibility index (Phi) is 6.24. The fourth-order valence-electron chi connectivity index (χ4n) is 1.49. The van der Waals surface area contributed by atoms with Crippen LogP contribution in [-0.4, -0.2) is 23.5 Å². The van der Waals surface area contributed by atoms with E-state index in [2.05, 4.69) is 22.7 Å². The second-order valence-electron chi connectivity index (χ2n) is 4.77. The van der Waals surface area contributed by atoms with Gasteiger partial charge in [-0.25, -0.2) is 0 Å². The first kappa shape index (κ1) is 16.2. The zero-order valence-corrected chi connectivity index (χ0v) is 13.0. The summed E-state index contributed by atoms with van der Waals surface area (Å²) in [4.78, 5) is 0. The van der Waals surface area contributed by atoms with Gasteiger partial charge < -0.3 is 15.2 Å². The number of hydrogen-bond acceptors (Lipinski definition) is 4. The van der Waals surface area contributed by atoms with Gasteiger partial charge in [0.2, 0.25) is 0 Å². The topological polar surface area (TPSA) is 68.9 Å². The maximum absolute atomic E-state index is 5.76. The van der Waals surface area contributed by atoms with Gasteiger partial charge >= 0.3 is 0 Å². The molecule has 0 saturated carbocycles. The van der Waals surface area contributed by atoms with Gasteiger partial charge in [-0.15, -0.1) is 0 Å². The number of nitrogens with two attached hydrogens (primary N) is 1. The number of nitrogens with one attached hydrogen (secondary N) is 1. The molecule has 110 valence electrons. The predicted molar refractivity (Wildman–Crippen MR) is 85.5 cm³/mol. The van der Waals surface area contributed by atoms with Crippen LogP contribution in [0.3, 0.4) is 0 Å². The van der Waals surface area contributed by atoms with Gasteiger partial charge in [-0.2, -0.15) is 5.10 Å². The molecule has 0 fully saturated rings. The summed E-state index contributed by atoms with van der Waals surface area (Å²) in [6, 6.07) is 5.59. The number of ether oxygens (including phenoxy) is 2. The lowest BCUT2D eigenvalue weighted by Gasteiger charge is -2.15. The highest BCUT2D eigenvalue weighted by Gasteiger charge is 2.07. The number of benzene rings is 1. The zero-order chi connectivity index (χ0) is 15.1. The van der Waals surface area contributed by atoms with E-state index >= 15 is 0 Å². The second kappa shape index (κ2) is 7.69. The Morgan fingerprint density at radius 2 is 1.90 bits per heavy atom. The molecule has 1 aromatic rings. The van der Waals surface area contributed by atoms with Crippen molar-refractivity contribution in [1.82, 2.24) is 5.43 Å². The number of nitrogens with zero attached hydrogens (tertiary/aromatic N) is 1. The van der Waals surface area contributed by atoms with E-state index in [1.165, 1.54) is 0 Å². The van der Waals surface area contributed by atoms with E-state index in [4.69, 9.17) is 15.2 Å². The molecule has 5 nitrogen and oxygen atoms in total. The maximum atomic E-state index is 5.76. The largest absolute Gasteiger partial charge is 0.491 e. The van der Waals surface area contributed by atoms with E-state index in [-0.39, 0.29) is 17.3 Å². The highest BCUT2D eigenvalue weighted by atomic mass is 32.1. The van der Waals surface area contributed by atoms with Crippen LogP contribution in [0.2, 0.25) is 0 Å². The van der Waals surface area contributed by atoms with E-state index in [1.54, 1.807) is 6.21 Å². The summed E-state index contributed by atoms with van der Waals surface area (Å²) >= 11 is 4.68. The van der Waals surface area contributed by atoms with Gasteiger partial charge in [0, 0.05) is 11.6 Å². The Hall–Kier alpha value is -1.82. The third-order valence-electron chi connectivity index (χ3n) is 2.10. The molecule has 0 heterocycles. The van der Waals surface area contributed by atoms with Gasteiger partial charge in [-0.05, 0) is 52.0 Å². The van der Waals surface area contributed by atoms with Gasteiger partial charge in [-0.3, -0.25) is 5.43 Å². The molecule has 20 heavy (non-hydrogen) atoms. The first-order chi connectivity index (χ1) is 9.38. The summed E-state index contributed by atoms with van der Waals surface area (Å²) < 4.78 is 11.4. The van der Waals surface area contributed by atoms with Gasteiger partial charge in [-0.1, -0.05) is 0 Å². The molecule has 1 aromatic carbocycles. The molecule has 0 spiro atoms. The summed E-state index contributed by atoms with van der Waals surface area (Å²) in [6.45, 7) is 7.88. The van der Waals surface area contributed by atoms with Crippen LogP contribution >= 0.6 is 12.2 Å². The monoisotopic (exact) mass is 295 g/mol.